The van der Waals surface area contributed by atoms with Gasteiger partial charge >= 0.3 is 5.97 Å². The van der Waals surface area contributed by atoms with Crippen LogP contribution < -0.4 is 4.72 Å². The number of benzene rings is 1. The summed E-state index contributed by atoms with van der Waals surface area (Å²) in [7, 11) is -2.71. The molecule has 0 bridgehead atoms. The van der Waals surface area contributed by atoms with E-state index in [9.17, 15) is 17.6 Å². The van der Waals surface area contributed by atoms with Crippen LogP contribution in [0.4, 0.5) is 4.39 Å². The number of sulfonamides is 1. The van der Waals surface area contributed by atoms with Gasteiger partial charge in [-0.05, 0) is 36.1 Å². The zero-order valence-corrected chi connectivity index (χ0v) is 13.5. The van der Waals surface area contributed by atoms with Crippen LogP contribution in [0.2, 0.25) is 0 Å². The Labute approximate surface area is 131 Å². The maximum Gasteiger partial charge on any atom is 0.349 e. The Morgan fingerprint density at radius 3 is 2.50 bits per heavy atom. The highest BCUT2D eigenvalue weighted by Crippen LogP contribution is 2.24. The highest BCUT2D eigenvalue weighted by atomic mass is 32.2. The number of carbonyl (C=O) groups excluding carboxylic acids is 1. The summed E-state index contributed by atoms with van der Waals surface area (Å²) in [5.41, 5.74) is 0.611. The first-order valence-corrected chi connectivity index (χ1v) is 8.65. The van der Waals surface area contributed by atoms with Gasteiger partial charge in [0.25, 0.3) is 0 Å². The number of carbonyl (C=O) groups is 1. The molecule has 0 spiro atoms. The molecule has 1 aromatic heterocycles. The Hall–Kier alpha value is -1.77. The molecule has 0 saturated heterocycles. The first-order chi connectivity index (χ1) is 10.3. The molecule has 0 aliphatic carbocycles. The van der Waals surface area contributed by atoms with Gasteiger partial charge in [0.05, 0.1) is 7.11 Å². The van der Waals surface area contributed by atoms with Gasteiger partial charge in [-0.1, -0.05) is 12.1 Å². The van der Waals surface area contributed by atoms with E-state index in [0.717, 1.165) is 11.3 Å². The van der Waals surface area contributed by atoms with Gasteiger partial charge in [-0.15, -0.1) is 11.3 Å². The van der Waals surface area contributed by atoms with Crippen molar-refractivity contribution in [3.8, 4) is 0 Å². The van der Waals surface area contributed by atoms with Crippen molar-refractivity contribution in [1.29, 1.82) is 0 Å². The normalized spacial score (nSPS) is 12.9. The van der Waals surface area contributed by atoms with Gasteiger partial charge in [-0.25, -0.2) is 22.3 Å². The highest BCUT2D eigenvalue weighted by Gasteiger charge is 2.26. The van der Waals surface area contributed by atoms with Crippen molar-refractivity contribution < 1.29 is 22.3 Å². The molecule has 22 heavy (non-hydrogen) atoms. The van der Waals surface area contributed by atoms with E-state index in [1.807, 2.05) is 0 Å². The Morgan fingerprint density at radius 2 is 1.91 bits per heavy atom. The number of halogens is 1. The highest BCUT2D eigenvalue weighted by molar-refractivity contribution is 7.89. The van der Waals surface area contributed by atoms with Gasteiger partial charge in [0.15, 0.2) is 0 Å². The van der Waals surface area contributed by atoms with E-state index in [0.29, 0.717) is 5.56 Å². The maximum absolute atomic E-state index is 12.9. The van der Waals surface area contributed by atoms with E-state index in [4.69, 9.17) is 0 Å². The first-order valence-electron chi connectivity index (χ1n) is 6.28. The predicted molar refractivity (Wildman–Crippen MR) is 80.8 cm³/mol. The molecule has 0 saturated carbocycles. The summed E-state index contributed by atoms with van der Waals surface area (Å²) in [4.78, 5) is 11.5. The average molecular weight is 343 g/mol. The van der Waals surface area contributed by atoms with Gasteiger partial charge in [0, 0.05) is 6.04 Å². The van der Waals surface area contributed by atoms with E-state index >= 15 is 0 Å². The number of hydrogen-bond acceptors (Lipinski definition) is 5. The van der Waals surface area contributed by atoms with E-state index < -0.39 is 27.9 Å². The van der Waals surface area contributed by atoms with Crippen LogP contribution in [-0.4, -0.2) is 21.5 Å². The molecule has 0 fully saturated rings. The van der Waals surface area contributed by atoms with Crippen molar-refractivity contribution in [1.82, 2.24) is 4.72 Å². The molecule has 1 unspecified atom stereocenters. The molecular weight excluding hydrogens is 329 g/mol. The molecule has 0 radical (unpaired) electrons. The summed E-state index contributed by atoms with van der Waals surface area (Å²) in [5, 5.41) is 1.50. The number of ether oxygens (including phenoxy) is 1. The van der Waals surface area contributed by atoms with Crippen LogP contribution >= 0.6 is 11.3 Å². The maximum atomic E-state index is 12.9. The molecule has 0 aliphatic rings. The summed E-state index contributed by atoms with van der Waals surface area (Å²) in [6.45, 7) is 1.63. The number of hydrogen-bond donors (Lipinski definition) is 1. The van der Waals surface area contributed by atoms with Gasteiger partial charge in [-0.3, -0.25) is 0 Å². The second-order valence-corrected chi connectivity index (χ2v) is 7.10. The Balaban J connectivity index is 2.26. The number of thiophene rings is 1. The molecule has 118 valence electrons. The Bertz CT molecular complexity index is 768. The second kappa shape index (κ2) is 6.55. The van der Waals surface area contributed by atoms with Crippen LogP contribution in [0.1, 0.15) is 28.2 Å². The van der Waals surface area contributed by atoms with E-state index in [2.05, 4.69) is 9.46 Å². The van der Waals surface area contributed by atoms with Gasteiger partial charge < -0.3 is 4.74 Å². The van der Waals surface area contributed by atoms with Gasteiger partial charge in [0.2, 0.25) is 10.0 Å². The molecule has 0 aliphatic heterocycles. The monoisotopic (exact) mass is 343 g/mol. The fraction of sp³-hybridized carbons (Fsp3) is 0.214. The third-order valence-corrected chi connectivity index (χ3v) is 5.60. The zero-order chi connectivity index (χ0) is 16.3. The fourth-order valence-corrected chi connectivity index (χ4v) is 4.43. The Kier molecular flexibility index (Phi) is 4.94. The number of methoxy groups -OCH3 is 1. The SMILES string of the molecule is COC(=O)c1sccc1S(=O)(=O)NC(C)c1ccc(F)cc1. The summed E-state index contributed by atoms with van der Waals surface area (Å²) in [5.74, 6) is -1.10. The molecule has 1 heterocycles. The number of esters is 1. The van der Waals surface area contributed by atoms with Crippen LogP contribution in [0.5, 0.6) is 0 Å². The van der Waals surface area contributed by atoms with Crippen LogP contribution in [0, 0.1) is 5.82 Å². The third-order valence-electron chi connectivity index (χ3n) is 2.99. The lowest BCUT2D eigenvalue weighted by Crippen LogP contribution is -2.27. The second-order valence-electron chi connectivity index (χ2n) is 4.50. The minimum Gasteiger partial charge on any atom is -0.465 e. The number of rotatable bonds is 5. The lowest BCUT2D eigenvalue weighted by molar-refractivity contribution is 0.0602. The lowest BCUT2D eigenvalue weighted by Gasteiger charge is -2.14. The predicted octanol–water partition coefficient (Wildman–Crippen LogP) is 2.71. The van der Waals surface area contributed by atoms with Crippen molar-refractivity contribution in [2.24, 2.45) is 0 Å². The first kappa shape index (κ1) is 16.6. The number of nitrogens with one attached hydrogen (secondary N) is 1. The molecule has 2 rings (SSSR count). The fourth-order valence-electron chi connectivity index (χ4n) is 1.87. The zero-order valence-electron chi connectivity index (χ0n) is 11.9. The summed E-state index contributed by atoms with van der Waals surface area (Å²) in [6, 6.07) is 6.27. The molecule has 1 aromatic carbocycles. The van der Waals surface area contributed by atoms with Crippen molar-refractivity contribution in [2.75, 3.05) is 7.11 Å². The minimum absolute atomic E-state index is 0.0151. The average Bonchev–Trinajstić information content (AvgIpc) is 2.97. The molecule has 1 N–H and O–H groups in total. The van der Waals surface area contributed by atoms with E-state index in [-0.39, 0.29) is 9.77 Å². The van der Waals surface area contributed by atoms with Crippen molar-refractivity contribution in [2.45, 2.75) is 17.9 Å². The third kappa shape index (κ3) is 3.52. The topological polar surface area (TPSA) is 72.5 Å². The largest absolute Gasteiger partial charge is 0.465 e. The van der Waals surface area contributed by atoms with E-state index in [1.54, 1.807) is 6.92 Å². The Morgan fingerprint density at radius 1 is 1.27 bits per heavy atom. The summed E-state index contributed by atoms with van der Waals surface area (Å²) in [6.07, 6.45) is 0. The van der Waals surface area contributed by atoms with Crippen LogP contribution in [0.3, 0.4) is 0 Å². The molecule has 5 nitrogen and oxygen atoms in total. The molecular formula is C14H14FNO4S2. The van der Waals surface area contributed by atoms with Gasteiger partial charge in [0.1, 0.15) is 15.6 Å². The molecule has 2 aromatic rings. The summed E-state index contributed by atoms with van der Waals surface area (Å²) < 4.78 is 44.7. The molecule has 0 amide bonds. The molecule has 1 atom stereocenters. The molecule has 8 heteroatoms. The van der Waals surface area contributed by atoms with Crippen molar-refractivity contribution >= 4 is 27.3 Å². The van der Waals surface area contributed by atoms with Crippen molar-refractivity contribution in [3.63, 3.8) is 0 Å². The minimum atomic E-state index is -3.89. The van der Waals surface area contributed by atoms with E-state index in [1.165, 1.54) is 42.8 Å². The standard InChI is InChI=1S/C14H14FNO4S2/c1-9(10-3-5-11(15)6-4-10)16-22(18,19)12-7-8-21-13(12)14(17)20-2/h3-9,16H,1-2H3. The van der Waals surface area contributed by atoms with Gasteiger partial charge in [-0.2, -0.15) is 0 Å². The summed E-state index contributed by atoms with van der Waals surface area (Å²) >= 11 is 0.991. The van der Waals surface area contributed by atoms with Crippen LogP contribution in [0.25, 0.3) is 0 Å². The van der Waals surface area contributed by atoms with Crippen molar-refractivity contribution in [3.05, 3.63) is 52.0 Å². The smallest absolute Gasteiger partial charge is 0.349 e. The van der Waals surface area contributed by atoms with Crippen LogP contribution in [-0.2, 0) is 14.8 Å². The quantitative estimate of drug-likeness (QED) is 0.847. The lowest BCUT2D eigenvalue weighted by atomic mass is 10.1. The van der Waals surface area contributed by atoms with Crippen LogP contribution in [0.15, 0.2) is 40.6 Å².